The van der Waals surface area contributed by atoms with Crippen LogP contribution >= 0.6 is 11.6 Å². The lowest BCUT2D eigenvalue weighted by Gasteiger charge is -2.22. The summed E-state index contributed by atoms with van der Waals surface area (Å²) in [6.07, 6.45) is 3.17. The molecule has 0 spiro atoms. The molecule has 1 heterocycles. The van der Waals surface area contributed by atoms with Gasteiger partial charge in [0.15, 0.2) is 5.78 Å². The molecule has 0 radical (unpaired) electrons. The molecule has 1 aliphatic carbocycles. The quantitative estimate of drug-likeness (QED) is 0.181. The Balaban J connectivity index is 1.30. The maximum absolute atomic E-state index is 14.2. The second-order valence-electron chi connectivity index (χ2n) is 10.3. The van der Waals surface area contributed by atoms with Crippen molar-refractivity contribution in [2.75, 3.05) is 17.6 Å². The fourth-order valence-electron chi connectivity index (χ4n) is 4.80. The predicted octanol–water partition coefficient (Wildman–Crippen LogP) is 4.78. The molecular weight excluding hydrogens is 561 g/mol. The van der Waals surface area contributed by atoms with Crippen LogP contribution < -0.4 is 16.4 Å². The average Bonchev–Trinajstić information content (AvgIpc) is 3.74. The lowest BCUT2D eigenvalue weighted by atomic mass is 10.1. The first-order chi connectivity index (χ1) is 20.1. The van der Waals surface area contributed by atoms with E-state index in [1.807, 2.05) is 0 Å². The van der Waals surface area contributed by atoms with Gasteiger partial charge in [0.1, 0.15) is 12.4 Å². The number of nitrogens with zero attached hydrogens (tertiary/aromatic N) is 2. The molecule has 1 saturated carbocycles. The Kier molecular flexibility index (Phi) is 8.26. The summed E-state index contributed by atoms with van der Waals surface area (Å²) in [6.45, 7) is 1.11. The van der Waals surface area contributed by atoms with E-state index in [2.05, 4.69) is 10.6 Å². The molecule has 4 aromatic rings. The Morgan fingerprint density at radius 3 is 2.55 bits per heavy atom. The van der Waals surface area contributed by atoms with Crippen LogP contribution in [0.1, 0.15) is 46.0 Å². The number of aromatic nitrogens is 1. The zero-order chi connectivity index (χ0) is 30.0. The van der Waals surface area contributed by atoms with Crippen LogP contribution in [0.15, 0.2) is 66.9 Å². The standard InChI is InChI=1S/C31H29ClFN5O4/c1-18(39)25-15-37(27-11-8-22(13-24(25)27)36-31(42)19-4-2-6-21(34)12-19)17-29(41)38(23-9-10-23)16-28(40)35-14-20-5-3-7-26(32)30(20)33/h2-8,11-13,15,23H,9-10,14,16-17,34H2,1H3,(H,35,40)(H,36,42). The van der Waals surface area contributed by atoms with E-state index in [9.17, 15) is 23.6 Å². The highest BCUT2D eigenvalue weighted by atomic mass is 35.5. The van der Waals surface area contributed by atoms with E-state index in [1.165, 1.54) is 24.0 Å². The van der Waals surface area contributed by atoms with Crippen LogP contribution in [-0.2, 0) is 22.7 Å². The van der Waals surface area contributed by atoms with Crippen molar-refractivity contribution in [1.82, 2.24) is 14.8 Å². The number of halogens is 2. The van der Waals surface area contributed by atoms with Crippen LogP contribution in [0, 0.1) is 5.82 Å². The van der Waals surface area contributed by atoms with Crippen molar-refractivity contribution < 1.29 is 23.6 Å². The number of carbonyl (C=O) groups is 4. The third-order valence-corrected chi connectivity index (χ3v) is 7.39. The number of nitrogens with one attached hydrogen (secondary N) is 2. The van der Waals surface area contributed by atoms with Gasteiger partial charge in [0.05, 0.1) is 11.6 Å². The summed E-state index contributed by atoms with van der Waals surface area (Å²) in [7, 11) is 0. The minimum atomic E-state index is -0.595. The fraction of sp³-hybridized carbons (Fsp3) is 0.226. The number of hydrogen-bond donors (Lipinski definition) is 3. The highest BCUT2D eigenvalue weighted by molar-refractivity contribution is 6.30. The molecule has 3 aromatic carbocycles. The Morgan fingerprint density at radius 1 is 1.07 bits per heavy atom. The zero-order valence-electron chi connectivity index (χ0n) is 22.8. The fourth-order valence-corrected chi connectivity index (χ4v) is 5.00. The van der Waals surface area contributed by atoms with Gasteiger partial charge >= 0.3 is 0 Å². The minimum absolute atomic E-state index is 0.0312. The van der Waals surface area contributed by atoms with Crippen molar-refractivity contribution in [3.8, 4) is 0 Å². The Hall–Kier alpha value is -4.70. The van der Waals surface area contributed by atoms with Crippen LogP contribution in [0.4, 0.5) is 15.8 Å². The number of hydrogen-bond acceptors (Lipinski definition) is 5. The van der Waals surface area contributed by atoms with Crippen molar-refractivity contribution in [3.63, 3.8) is 0 Å². The third-order valence-electron chi connectivity index (χ3n) is 7.10. The maximum atomic E-state index is 14.2. The molecule has 4 N–H and O–H groups in total. The molecule has 5 rings (SSSR count). The van der Waals surface area contributed by atoms with Gasteiger partial charge in [0, 0.05) is 57.8 Å². The van der Waals surface area contributed by atoms with Crippen LogP contribution in [-0.4, -0.2) is 45.6 Å². The summed E-state index contributed by atoms with van der Waals surface area (Å²) in [6, 6.07) is 16.2. The van der Waals surface area contributed by atoms with E-state index >= 15 is 0 Å². The molecule has 1 aromatic heterocycles. The van der Waals surface area contributed by atoms with Crippen molar-refractivity contribution in [3.05, 3.63) is 94.4 Å². The number of amides is 3. The summed E-state index contributed by atoms with van der Waals surface area (Å²) < 4.78 is 15.9. The largest absolute Gasteiger partial charge is 0.399 e. The number of benzene rings is 3. The SMILES string of the molecule is CC(=O)c1cn(CC(=O)N(CC(=O)NCc2cccc(Cl)c2F)C2CC2)c2ccc(NC(=O)c3cccc(N)c3)cc12. The third kappa shape index (κ3) is 6.44. The van der Waals surface area contributed by atoms with E-state index in [1.54, 1.807) is 59.3 Å². The molecule has 3 amide bonds. The molecule has 9 nitrogen and oxygen atoms in total. The number of rotatable bonds is 10. The summed E-state index contributed by atoms with van der Waals surface area (Å²) in [5.41, 5.74) is 8.41. The van der Waals surface area contributed by atoms with Gasteiger partial charge in [-0.25, -0.2) is 4.39 Å². The highest BCUT2D eigenvalue weighted by Crippen LogP contribution is 2.29. The second kappa shape index (κ2) is 12.0. The number of nitrogen functional groups attached to an aromatic ring is 1. The van der Waals surface area contributed by atoms with Gasteiger partial charge in [-0.05, 0) is 62.2 Å². The van der Waals surface area contributed by atoms with Crippen molar-refractivity contribution in [2.45, 2.75) is 38.9 Å². The van der Waals surface area contributed by atoms with E-state index in [0.717, 1.165) is 12.8 Å². The van der Waals surface area contributed by atoms with Gasteiger partial charge in [-0.15, -0.1) is 0 Å². The van der Waals surface area contributed by atoms with Crippen LogP contribution in [0.2, 0.25) is 5.02 Å². The topological polar surface area (TPSA) is 127 Å². The first kappa shape index (κ1) is 28.8. The first-order valence-electron chi connectivity index (χ1n) is 13.4. The lowest BCUT2D eigenvalue weighted by Crippen LogP contribution is -2.43. The number of nitrogens with two attached hydrogens (primary N) is 1. The molecule has 1 fully saturated rings. The monoisotopic (exact) mass is 589 g/mol. The molecule has 0 atom stereocenters. The lowest BCUT2D eigenvalue weighted by molar-refractivity contribution is -0.137. The summed E-state index contributed by atoms with van der Waals surface area (Å²) in [4.78, 5) is 52.8. The van der Waals surface area contributed by atoms with Gasteiger partial charge in [0.25, 0.3) is 5.91 Å². The van der Waals surface area contributed by atoms with E-state index < -0.39 is 11.7 Å². The Morgan fingerprint density at radius 2 is 1.83 bits per heavy atom. The number of fused-ring (bicyclic) bond motifs is 1. The van der Waals surface area contributed by atoms with Gasteiger partial charge in [-0.3, -0.25) is 19.2 Å². The molecule has 1 aliphatic rings. The van der Waals surface area contributed by atoms with Gasteiger partial charge in [-0.2, -0.15) is 0 Å². The van der Waals surface area contributed by atoms with E-state index in [0.29, 0.717) is 33.4 Å². The molecule has 0 unspecified atom stereocenters. The minimum Gasteiger partial charge on any atom is -0.399 e. The number of anilines is 2. The van der Waals surface area contributed by atoms with E-state index in [4.69, 9.17) is 17.3 Å². The number of Topliss-reactive ketones (excluding diaryl/α,β-unsaturated/α-hetero) is 1. The normalized spacial score (nSPS) is 12.6. The summed E-state index contributed by atoms with van der Waals surface area (Å²) in [5.74, 6) is -1.85. The molecule has 0 saturated heterocycles. The van der Waals surface area contributed by atoms with Crippen molar-refractivity contribution >= 4 is 57.4 Å². The highest BCUT2D eigenvalue weighted by Gasteiger charge is 2.34. The number of ketones is 1. The smallest absolute Gasteiger partial charge is 0.255 e. The van der Waals surface area contributed by atoms with Crippen molar-refractivity contribution in [1.29, 1.82) is 0 Å². The number of carbonyl (C=O) groups excluding carboxylic acids is 4. The molecule has 11 heteroatoms. The summed E-state index contributed by atoms with van der Waals surface area (Å²) >= 11 is 5.82. The van der Waals surface area contributed by atoms with Crippen LogP contribution in [0.3, 0.4) is 0 Å². The predicted molar refractivity (Wildman–Crippen MR) is 159 cm³/mol. The summed E-state index contributed by atoms with van der Waals surface area (Å²) in [5, 5.41) is 6.03. The van der Waals surface area contributed by atoms with Crippen LogP contribution in [0.25, 0.3) is 10.9 Å². The molecule has 216 valence electrons. The molecule has 0 bridgehead atoms. The van der Waals surface area contributed by atoms with Gasteiger partial charge in [0.2, 0.25) is 11.8 Å². The molecule has 42 heavy (non-hydrogen) atoms. The second-order valence-corrected chi connectivity index (χ2v) is 10.7. The van der Waals surface area contributed by atoms with Crippen molar-refractivity contribution in [2.24, 2.45) is 0 Å². The van der Waals surface area contributed by atoms with E-state index in [-0.39, 0.29) is 53.9 Å². The maximum Gasteiger partial charge on any atom is 0.255 e. The average molecular weight is 590 g/mol. The van der Waals surface area contributed by atoms with Gasteiger partial charge < -0.3 is 25.8 Å². The zero-order valence-corrected chi connectivity index (χ0v) is 23.6. The Bertz CT molecular complexity index is 1710. The first-order valence-corrected chi connectivity index (χ1v) is 13.8. The molecule has 0 aliphatic heterocycles. The van der Waals surface area contributed by atoms with Crippen LogP contribution in [0.5, 0.6) is 0 Å². The molecular formula is C31H29ClFN5O4. The Labute approximate surface area is 246 Å². The van der Waals surface area contributed by atoms with Gasteiger partial charge in [-0.1, -0.05) is 29.8 Å².